The molecule has 0 aromatic heterocycles. The number of carbonyl (C=O) groups is 1. The summed E-state index contributed by atoms with van der Waals surface area (Å²) in [4.78, 5) is 11.6. The zero-order chi connectivity index (χ0) is 16.0. The largest absolute Gasteiger partial charge is 0.493 e. The number of hydrogen-bond acceptors (Lipinski definition) is 5. The SMILES string of the molecule is COc1cc(C2(C(=O)O)CCC2)ccc1OC1CS(=O)(=O)C1. The van der Waals surface area contributed by atoms with Crippen molar-refractivity contribution in [1.82, 2.24) is 0 Å². The van der Waals surface area contributed by atoms with Crippen LogP contribution in [0.25, 0.3) is 0 Å². The highest BCUT2D eigenvalue weighted by atomic mass is 32.2. The number of carboxylic acids is 1. The Kier molecular flexibility index (Phi) is 3.55. The van der Waals surface area contributed by atoms with Gasteiger partial charge in [0.15, 0.2) is 21.3 Å². The normalized spacial score (nSPS) is 22.2. The molecule has 2 aliphatic rings. The van der Waals surface area contributed by atoms with Gasteiger partial charge < -0.3 is 14.6 Å². The first-order valence-corrected chi connectivity index (χ1v) is 8.97. The number of aliphatic carboxylic acids is 1. The molecule has 1 aliphatic carbocycles. The van der Waals surface area contributed by atoms with Gasteiger partial charge in [0, 0.05) is 0 Å². The van der Waals surface area contributed by atoms with Crippen molar-refractivity contribution >= 4 is 15.8 Å². The number of hydrogen-bond donors (Lipinski definition) is 1. The van der Waals surface area contributed by atoms with Crippen LogP contribution in [-0.2, 0) is 20.0 Å². The van der Waals surface area contributed by atoms with Crippen LogP contribution in [0.2, 0.25) is 0 Å². The molecule has 0 atom stereocenters. The number of benzene rings is 1. The minimum atomic E-state index is -2.95. The van der Waals surface area contributed by atoms with E-state index in [1.807, 2.05) is 0 Å². The van der Waals surface area contributed by atoms with Crippen LogP contribution in [0.4, 0.5) is 0 Å². The molecule has 1 aromatic carbocycles. The van der Waals surface area contributed by atoms with E-state index in [0.717, 1.165) is 6.42 Å². The number of sulfone groups is 1. The van der Waals surface area contributed by atoms with Crippen molar-refractivity contribution in [2.24, 2.45) is 0 Å². The average molecular weight is 326 g/mol. The van der Waals surface area contributed by atoms with Gasteiger partial charge in [0.1, 0.15) is 6.10 Å². The molecule has 22 heavy (non-hydrogen) atoms. The molecule has 0 unspecified atom stereocenters. The maximum atomic E-state index is 11.6. The first kappa shape index (κ1) is 15.1. The van der Waals surface area contributed by atoms with E-state index in [4.69, 9.17) is 9.47 Å². The summed E-state index contributed by atoms with van der Waals surface area (Å²) in [5, 5.41) is 9.48. The van der Waals surface area contributed by atoms with E-state index in [1.165, 1.54) is 7.11 Å². The number of rotatable bonds is 5. The molecule has 1 heterocycles. The maximum Gasteiger partial charge on any atom is 0.314 e. The standard InChI is InChI=1S/C15H18O6S/c1-20-13-7-10(15(14(16)17)5-2-6-15)3-4-12(13)21-11-8-22(18,19)9-11/h3-4,7,11H,2,5-6,8-9H2,1H3,(H,16,17). The molecule has 1 N–H and O–H groups in total. The molecule has 0 radical (unpaired) electrons. The Labute approximate surface area is 129 Å². The monoisotopic (exact) mass is 326 g/mol. The average Bonchev–Trinajstić information content (AvgIpc) is 2.36. The molecule has 1 aromatic rings. The molecule has 7 heteroatoms. The van der Waals surface area contributed by atoms with Crippen molar-refractivity contribution in [1.29, 1.82) is 0 Å². The second-order valence-corrected chi connectivity index (χ2v) is 8.08. The summed E-state index contributed by atoms with van der Waals surface area (Å²) in [6.07, 6.45) is 1.77. The third-order valence-corrected chi connectivity index (χ3v) is 6.27. The van der Waals surface area contributed by atoms with E-state index in [2.05, 4.69) is 0 Å². The fourth-order valence-electron chi connectivity index (χ4n) is 2.98. The fraction of sp³-hybridized carbons (Fsp3) is 0.533. The molecule has 0 bridgehead atoms. The molecule has 3 rings (SSSR count). The lowest BCUT2D eigenvalue weighted by atomic mass is 9.64. The molecule has 2 fully saturated rings. The molecule has 0 amide bonds. The zero-order valence-corrected chi connectivity index (χ0v) is 13.1. The zero-order valence-electron chi connectivity index (χ0n) is 12.2. The highest BCUT2D eigenvalue weighted by Gasteiger charge is 2.46. The Morgan fingerprint density at radius 3 is 2.41 bits per heavy atom. The lowest BCUT2D eigenvalue weighted by Crippen LogP contribution is -2.45. The maximum absolute atomic E-state index is 11.6. The van der Waals surface area contributed by atoms with Crippen LogP contribution < -0.4 is 9.47 Å². The van der Waals surface area contributed by atoms with Gasteiger partial charge in [-0.3, -0.25) is 4.79 Å². The lowest BCUT2D eigenvalue weighted by molar-refractivity contribution is -0.147. The van der Waals surface area contributed by atoms with Crippen LogP contribution in [0, 0.1) is 0 Å². The van der Waals surface area contributed by atoms with Gasteiger partial charge in [-0.2, -0.15) is 0 Å². The van der Waals surface area contributed by atoms with E-state index in [-0.39, 0.29) is 17.6 Å². The molecular weight excluding hydrogens is 308 g/mol. The van der Waals surface area contributed by atoms with Crippen molar-refractivity contribution in [3.8, 4) is 11.5 Å². The smallest absolute Gasteiger partial charge is 0.314 e. The predicted octanol–water partition coefficient (Wildman–Crippen LogP) is 1.38. The van der Waals surface area contributed by atoms with E-state index < -0.39 is 21.2 Å². The number of methoxy groups -OCH3 is 1. The van der Waals surface area contributed by atoms with Gasteiger partial charge in [-0.25, -0.2) is 8.42 Å². The molecule has 1 saturated heterocycles. The summed E-state index contributed by atoms with van der Waals surface area (Å²) in [7, 11) is -1.47. The van der Waals surface area contributed by atoms with Crippen molar-refractivity contribution in [3.05, 3.63) is 23.8 Å². The van der Waals surface area contributed by atoms with Gasteiger partial charge in [0.05, 0.1) is 24.0 Å². The third kappa shape index (κ3) is 2.43. The van der Waals surface area contributed by atoms with Crippen LogP contribution in [0.3, 0.4) is 0 Å². The summed E-state index contributed by atoms with van der Waals surface area (Å²) in [6.45, 7) is 0. The summed E-state index contributed by atoms with van der Waals surface area (Å²) in [5.74, 6) is 0.0911. The summed E-state index contributed by atoms with van der Waals surface area (Å²) in [5.41, 5.74) is -0.122. The molecule has 6 nitrogen and oxygen atoms in total. The Bertz CT molecular complexity index is 693. The van der Waals surface area contributed by atoms with Crippen molar-refractivity contribution in [2.45, 2.75) is 30.8 Å². The van der Waals surface area contributed by atoms with E-state index >= 15 is 0 Å². The molecule has 1 aliphatic heterocycles. The van der Waals surface area contributed by atoms with Crippen LogP contribution in [0.15, 0.2) is 18.2 Å². The molecule has 120 valence electrons. The highest BCUT2D eigenvalue weighted by Crippen LogP contribution is 2.46. The van der Waals surface area contributed by atoms with Gasteiger partial charge in [-0.15, -0.1) is 0 Å². The second-order valence-electron chi connectivity index (χ2n) is 5.92. The fourth-order valence-corrected chi connectivity index (χ4v) is 4.16. The first-order chi connectivity index (χ1) is 10.4. The summed E-state index contributed by atoms with van der Waals surface area (Å²) >= 11 is 0. The topological polar surface area (TPSA) is 89.9 Å². The number of carboxylic acid groups (broad SMARTS) is 1. The summed E-state index contributed by atoms with van der Waals surface area (Å²) < 4.78 is 33.3. The van der Waals surface area contributed by atoms with Crippen molar-refractivity contribution in [3.63, 3.8) is 0 Å². The van der Waals surface area contributed by atoms with Gasteiger partial charge in [0.2, 0.25) is 0 Å². The van der Waals surface area contributed by atoms with Gasteiger partial charge >= 0.3 is 5.97 Å². The van der Waals surface area contributed by atoms with Gasteiger partial charge in [-0.05, 0) is 30.5 Å². The Balaban J connectivity index is 1.83. The lowest BCUT2D eigenvalue weighted by Gasteiger charge is -2.38. The Morgan fingerprint density at radius 2 is 1.95 bits per heavy atom. The molecular formula is C15H18O6S. The van der Waals surface area contributed by atoms with E-state index in [1.54, 1.807) is 18.2 Å². The van der Waals surface area contributed by atoms with E-state index in [9.17, 15) is 18.3 Å². The first-order valence-electron chi connectivity index (χ1n) is 7.15. The van der Waals surface area contributed by atoms with Crippen LogP contribution in [0.1, 0.15) is 24.8 Å². The van der Waals surface area contributed by atoms with E-state index in [0.29, 0.717) is 29.9 Å². The van der Waals surface area contributed by atoms with Crippen LogP contribution in [0.5, 0.6) is 11.5 Å². The predicted molar refractivity (Wildman–Crippen MR) is 79.2 cm³/mol. The molecule has 0 spiro atoms. The second kappa shape index (κ2) is 5.15. The van der Waals surface area contributed by atoms with Crippen molar-refractivity contribution < 1.29 is 27.8 Å². The van der Waals surface area contributed by atoms with Gasteiger partial charge in [-0.1, -0.05) is 12.5 Å². The third-order valence-electron chi connectivity index (χ3n) is 4.51. The Morgan fingerprint density at radius 1 is 1.27 bits per heavy atom. The minimum absolute atomic E-state index is 0.0109. The van der Waals surface area contributed by atoms with Gasteiger partial charge in [0.25, 0.3) is 0 Å². The highest BCUT2D eigenvalue weighted by molar-refractivity contribution is 7.92. The van der Waals surface area contributed by atoms with Crippen LogP contribution >= 0.6 is 0 Å². The summed E-state index contributed by atoms with van der Waals surface area (Å²) in [6, 6.07) is 5.09. The Hall–Kier alpha value is -1.76. The minimum Gasteiger partial charge on any atom is -0.493 e. The molecule has 1 saturated carbocycles. The van der Waals surface area contributed by atoms with Crippen LogP contribution in [-0.4, -0.2) is 44.2 Å². The quantitative estimate of drug-likeness (QED) is 0.879. The van der Waals surface area contributed by atoms with Crippen molar-refractivity contribution in [2.75, 3.05) is 18.6 Å². The number of ether oxygens (including phenoxy) is 2.